The maximum atomic E-state index is 10.9. The lowest BCUT2D eigenvalue weighted by Gasteiger charge is -2.24. The Kier molecular flexibility index (Phi) is 3.49. The van der Waals surface area contributed by atoms with E-state index < -0.39 is 25.3 Å². The lowest BCUT2D eigenvalue weighted by Crippen LogP contribution is -2.39. The van der Waals surface area contributed by atoms with Gasteiger partial charge in [0.2, 0.25) is 0 Å². The largest absolute Gasteiger partial charge is 0.479 e. The lowest BCUT2D eigenvalue weighted by atomic mass is 10.2. The van der Waals surface area contributed by atoms with Crippen LogP contribution in [0.4, 0.5) is 0 Å². The third kappa shape index (κ3) is 2.48. The van der Waals surface area contributed by atoms with Gasteiger partial charge in [-0.05, 0) is 0 Å². The van der Waals surface area contributed by atoms with E-state index in [9.17, 15) is 14.5 Å². The van der Waals surface area contributed by atoms with Crippen molar-refractivity contribution in [2.24, 2.45) is 0 Å². The third-order valence-corrected chi connectivity index (χ3v) is 3.48. The summed E-state index contributed by atoms with van der Waals surface area (Å²) >= 11 is 0. The molecule has 0 aromatic carbocycles. The van der Waals surface area contributed by atoms with E-state index in [1.807, 2.05) is 0 Å². The topological polar surface area (TPSA) is 133 Å². The summed E-state index contributed by atoms with van der Waals surface area (Å²) in [7, 11) is -5.14. The monoisotopic (exact) mass is 250 g/mol. The van der Waals surface area contributed by atoms with Gasteiger partial charge in [-0.25, -0.2) is 9.78 Å². The van der Waals surface area contributed by atoms with Gasteiger partial charge in [0.05, 0.1) is 6.33 Å². The van der Waals surface area contributed by atoms with E-state index in [-0.39, 0.29) is 6.54 Å². The average Bonchev–Trinajstić information content (AvgIpc) is 2.64. The summed E-state index contributed by atoms with van der Waals surface area (Å²) in [6.45, 7) is -0.0616. The van der Waals surface area contributed by atoms with Crippen LogP contribution in [0.1, 0.15) is 6.42 Å². The fourth-order valence-corrected chi connectivity index (χ4v) is 1.72. The minimum atomic E-state index is -5.14. The Morgan fingerprint density at radius 3 is 2.50 bits per heavy atom. The molecule has 0 amide bonds. The molecule has 0 radical (unpaired) electrons. The smallest absolute Gasteiger partial charge is 0.368 e. The molecule has 0 bridgehead atoms. The van der Waals surface area contributed by atoms with Crippen molar-refractivity contribution < 1.29 is 29.4 Å². The van der Waals surface area contributed by atoms with Crippen LogP contribution in [0.15, 0.2) is 18.7 Å². The van der Waals surface area contributed by atoms with Gasteiger partial charge in [0.25, 0.3) is 5.34 Å². The highest BCUT2D eigenvalue weighted by Gasteiger charge is 2.52. The van der Waals surface area contributed by atoms with E-state index in [2.05, 4.69) is 4.98 Å². The Balaban J connectivity index is 2.81. The molecular weight excluding hydrogens is 239 g/mol. The van der Waals surface area contributed by atoms with Gasteiger partial charge < -0.3 is 24.6 Å². The van der Waals surface area contributed by atoms with Gasteiger partial charge in [-0.1, -0.05) is 0 Å². The second kappa shape index (κ2) is 4.34. The van der Waals surface area contributed by atoms with E-state index in [0.717, 1.165) is 0 Å². The molecule has 1 rings (SSSR count). The van der Waals surface area contributed by atoms with Crippen LogP contribution in [-0.2, 0) is 15.9 Å². The summed E-state index contributed by atoms with van der Waals surface area (Å²) in [6, 6.07) is 0. The third-order valence-electron chi connectivity index (χ3n) is 2.10. The van der Waals surface area contributed by atoms with Crippen molar-refractivity contribution in [2.45, 2.75) is 18.3 Å². The van der Waals surface area contributed by atoms with E-state index in [1.54, 1.807) is 0 Å². The second-order valence-corrected chi connectivity index (χ2v) is 5.04. The van der Waals surface area contributed by atoms with Crippen molar-refractivity contribution in [1.29, 1.82) is 0 Å². The fourth-order valence-electron chi connectivity index (χ4n) is 1.08. The first kappa shape index (κ1) is 12.9. The Hall–Kier alpha value is -1.21. The number of carbonyl (C=O) groups is 1. The number of aromatic nitrogens is 2. The van der Waals surface area contributed by atoms with Crippen LogP contribution in [0.2, 0.25) is 0 Å². The van der Waals surface area contributed by atoms with Crippen LogP contribution in [0.5, 0.6) is 0 Å². The number of aliphatic carboxylic acids is 1. The Labute approximate surface area is 90.3 Å². The Morgan fingerprint density at radius 2 is 2.12 bits per heavy atom. The predicted octanol–water partition coefficient (Wildman–Crippen LogP) is -0.776. The summed E-state index contributed by atoms with van der Waals surface area (Å²) in [5.74, 6) is -1.94. The number of hydrogen-bond acceptors (Lipinski definition) is 4. The molecule has 0 spiro atoms. The summed E-state index contributed by atoms with van der Waals surface area (Å²) in [5.41, 5.74) is 0. The molecule has 90 valence electrons. The van der Waals surface area contributed by atoms with E-state index in [0.29, 0.717) is 0 Å². The van der Waals surface area contributed by atoms with Gasteiger partial charge in [-0.15, -0.1) is 0 Å². The van der Waals surface area contributed by atoms with Crippen LogP contribution in [0, 0.1) is 0 Å². The molecule has 1 unspecified atom stereocenters. The van der Waals surface area contributed by atoms with Crippen LogP contribution in [0.25, 0.3) is 0 Å². The molecule has 1 atom stereocenters. The molecule has 8 nitrogen and oxygen atoms in total. The quantitative estimate of drug-likeness (QED) is 0.504. The first-order valence-electron chi connectivity index (χ1n) is 4.24. The molecule has 0 aliphatic heterocycles. The van der Waals surface area contributed by atoms with Crippen molar-refractivity contribution in [3.63, 3.8) is 0 Å². The number of aliphatic hydroxyl groups is 1. The first-order valence-corrected chi connectivity index (χ1v) is 5.86. The maximum Gasteiger partial charge on any atom is 0.368 e. The molecule has 0 aliphatic rings. The summed E-state index contributed by atoms with van der Waals surface area (Å²) in [6.07, 6.45) is 3.66. The first-order chi connectivity index (χ1) is 7.27. The zero-order valence-electron chi connectivity index (χ0n) is 8.09. The van der Waals surface area contributed by atoms with Gasteiger partial charge >= 0.3 is 13.6 Å². The highest BCUT2D eigenvalue weighted by Crippen LogP contribution is 2.51. The van der Waals surface area contributed by atoms with Crippen molar-refractivity contribution >= 4 is 13.6 Å². The highest BCUT2D eigenvalue weighted by atomic mass is 31.2. The SMILES string of the molecule is O=C(O)C(O)(CCn1ccnc1)P(=O)(O)O. The number of carboxylic acid groups (broad SMARTS) is 1. The van der Waals surface area contributed by atoms with Gasteiger partial charge in [0, 0.05) is 25.4 Å². The molecule has 1 heterocycles. The average molecular weight is 250 g/mol. The van der Waals surface area contributed by atoms with Gasteiger partial charge in [0.1, 0.15) is 0 Å². The molecule has 1 aromatic heterocycles. The number of imidazole rings is 1. The zero-order valence-corrected chi connectivity index (χ0v) is 8.99. The van der Waals surface area contributed by atoms with Crippen LogP contribution < -0.4 is 0 Å². The number of aryl methyl sites for hydroxylation is 1. The van der Waals surface area contributed by atoms with Crippen LogP contribution in [0.3, 0.4) is 0 Å². The van der Waals surface area contributed by atoms with Crippen molar-refractivity contribution in [3.05, 3.63) is 18.7 Å². The van der Waals surface area contributed by atoms with E-state index in [4.69, 9.17) is 14.9 Å². The number of nitrogens with zero attached hydrogens (tertiary/aromatic N) is 2. The summed E-state index contributed by atoms with van der Waals surface area (Å²) in [5, 5.41) is 15.0. The molecule has 0 saturated carbocycles. The fraction of sp³-hybridized carbons (Fsp3) is 0.429. The van der Waals surface area contributed by atoms with Crippen molar-refractivity contribution in [2.75, 3.05) is 0 Å². The second-order valence-electron chi connectivity index (χ2n) is 3.22. The predicted molar refractivity (Wildman–Crippen MR) is 51.5 cm³/mol. The molecule has 0 aliphatic carbocycles. The van der Waals surface area contributed by atoms with Gasteiger partial charge in [-0.3, -0.25) is 4.57 Å². The highest BCUT2D eigenvalue weighted by molar-refractivity contribution is 7.54. The molecule has 4 N–H and O–H groups in total. The summed E-state index contributed by atoms with van der Waals surface area (Å²) < 4.78 is 12.3. The lowest BCUT2D eigenvalue weighted by molar-refractivity contribution is -0.152. The molecule has 0 saturated heterocycles. The Bertz CT molecular complexity index is 413. The zero-order chi connectivity index (χ0) is 12.4. The van der Waals surface area contributed by atoms with Gasteiger partial charge in [-0.2, -0.15) is 0 Å². The normalized spacial score (nSPS) is 15.7. The van der Waals surface area contributed by atoms with Gasteiger partial charge in [0.15, 0.2) is 0 Å². The van der Waals surface area contributed by atoms with Crippen molar-refractivity contribution in [1.82, 2.24) is 9.55 Å². The minimum absolute atomic E-state index is 0.0616. The summed E-state index contributed by atoms with van der Waals surface area (Å²) in [4.78, 5) is 31.9. The molecule has 0 fully saturated rings. The molecule has 16 heavy (non-hydrogen) atoms. The van der Waals surface area contributed by atoms with Crippen LogP contribution in [-0.4, -0.2) is 40.9 Å². The number of hydrogen-bond donors (Lipinski definition) is 4. The van der Waals surface area contributed by atoms with E-state index >= 15 is 0 Å². The number of rotatable bonds is 5. The van der Waals surface area contributed by atoms with Crippen molar-refractivity contribution in [3.8, 4) is 0 Å². The Morgan fingerprint density at radius 1 is 1.50 bits per heavy atom. The number of carboxylic acids is 1. The minimum Gasteiger partial charge on any atom is -0.479 e. The molecule has 1 aromatic rings. The molecular formula is C7H11N2O6P. The van der Waals surface area contributed by atoms with E-state index in [1.165, 1.54) is 23.3 Å². The standard InChI is InChI=1S/C7H11N2O6P/c10-6(11)7(12,16(13,14)15)1-3-9-4-2-8-5-9/h2,4-5,12H,1,3H2,(H,10,11)(H2,13,14,15). The maximum absolute atomic E-state index is 10.9. The molecule has 9 heteroatoms. The van der Waals surface area contributed by atoms with Crippen LogP contribution >= 0.6 is 7.60 Å².